The number of carbonyl (C=O) groups excluding carboxylic acids is 1. The minimum atomic E-state index is -0.408. The molecule has 4 nitrogen and oxygen atoms in total. The van der Waals surface area contributed by atoms with Crippen molar-refractivity contribution in [1.29, 1.82) is 0 Å². The molecular formula is C17H30ClN3OS. The first-order chi connectivity index (χ1) is 10.6. The average Bonchev–Trinajstić information content (AvgIpc) is 2.56. The van der Waals surface area contributed by atoms with Gasteiger partial charge in [0.2, 0.25) is 5.91 Å². The van der Waals surface area contributed by atoms with Gasteiger partial charge in [-0.3, -0.25) is 9.69 Å². The third kappa shape index (κ3) is 8.61. The summed E-state index contributed by atoms with van der Waals surface area (Å²) in [4.78, 5) is 14.2. The number of hydrogen-bond donors (Lipinski definition) is 2. The third-order valence-corrected chi connectivity index (χ3v) is 4.40. The van der Waals surface area contributed by atoms with Gasteiger partial charge in [-0.1, -0.05) is 38.1 Å². The largest absolute Gasteiger partial charge is 0.351 e. The molecule has 1 rings (SSSR count). The highest BCUT2D eigenvalue weighted by Gasteiger charge is 2.12. The molecule has 1 amide bonds. The van der Waals surface area contributed by atoms with Gasteiger partial charge in [-0.2, -0.15) is 11.8 Å². The molecule has 0 aromatic heterocycles. The molecule has 0 unspecified atom stereocenters. The molecule has 1 atom stereocenters. The Morgan fingerprint density at radius 2 is 1.78 bits per heavy atom. The van der Waals surface area contributed by atoms with Crippen molar-refractivity contribution in [3.8, 4) is 0 Å². The van der Waals surface area contributed by atoms with E-state index >= 15 is 0 Å². The van der Waals surface area contributed by atoms with Crippen LogP contribution in [0.25, 0.3) is 0 Å². The average molecular weight is 360 g/mol. The second kappa shape index (κ2) is 12.6. The van der Waals surface area contributed by atoms with Crippen molar-refractivity contribution in [2.75, 3.05) is 25.1 Å². The van der Waals surface area contributed by atoms with E-state index < -0.39 is 6.04 Å². The first-order valence-corrected chi connectivity index (χ1v) is 9.32. The van der Waals surface area contributed by atoms with Gasteiger partial charge in [0.25, 0.3) is 0 Å². The Balaban J connectivity index is 0.00000484. The standard InChI is InChI=1S/C17H29N3OS.ClH/c1-4-20(5-2)13-15-8-6-14(7-9-15)12-19-17(21)16(18)10-11-22-3;/h6-9,16H,4-5,10-13,18H2,1-3H3,(H,19,21);1H/t16-;/m0./s1. The van der Waals surface area contributed by atoms with Gasteiger partial charge < -0.3 is 11.1 Å². The van der Waals surface area contributed by atoms with Crippen LogP contribution in [0.2, 0.25) is 0 Å². The minimum absolute atomic E-state index is 0. The zero-order valence-electron chi connectivity index (χ0n) is 14.4. The van der Waals surface area contributed by atoms with E-state index in [-0.39, 0.29) is 18.3 Å². The van der Waals surface area contributed by atoms with Gasteiger partial charge in [-0.15, -0.1) is 12.4 Å². The van der Waals surface area contributed by atoms with Gasteiger partial charge in [-0.25, -0.2) is 0 Å². The number of halogens is 1. The number of amides is 1. The number of rotatable bonds is 10. The second-order valence-electron chi connectivity index (χ2n) is 5.38. The van der Waals surface area contributed by atoms with Crippen LogP contribution in [0.1, 0.15) is 31.4 Å². The number of nitrogens with two attached hydrogens (primary N) is 1. The Morgan fingerprint density at radius 3 is 2.30 bits per heavy atom. The van der Waals surface area contributed by atoms with E-state index in [4.69, 9.17) is 5.73 Å². The summed E-state index contributed by atoms with van der Waals surface area (Å²) in [5.41, 5.74) is 8.25. The highest BCUT2D eigenvalue weighted by molar-refractivity contribution is 7.98. The molecule has 23 heavy (non-hydrogen) atoms. The molecule has 0 radical (unpaired) electrons. The quantitative estimate of drug-likeness (QED) is 0.674. The van der Waals surface area contributed by atoms with E-state index in [9.17, 15) is 4.79 Å². The van der Waals surface area contributed by atoms with Crippen molar-refractivity contribution in [2.45, 2.75) is 39.4 Å². The van der Waals surface area contributed by atoms with Crippen molar-refractivity contribution in [1.82, 2.24) is 10.2 Å². The summed E-state index contributed by atoms with van der Waals surface area (Å²) >= 11 is 1.71. The molecule has 0 spiro atoms. The Hall–Kier alpha value is -0.750. The number of nitrogens with one attached hydrogen (secondary N) is 1. The summed E-state index contributed by atoms with van der Waals surface area (Å²) in [6.07, 6.45) is 2.74. The fourth-order valence-electron chi connectivity index (χ4n) is 2.16. The SMILES string of the molecule is CCN(CC)Cc1ccc(CNC(=O)[C@@H](N)CCSC)cc1.Cl. The molecule has 0 aliphatic heterocycles. The molecule has 6 heteroatoms. The van der Waals surface area contributed by atoms with Crippen LogP contribution in [0.3, 0.4) is 0 Å². The van der Waals surface area contributed by atoms with Crippen LogP contribution in [-0.2, 0) is 17.9 Å². The van der Waals surface area contributed by atoms with Gasteiger partial charge in [0.05, 0.1) is 6.04 Å². The van der Waals surface area contributed by atoms with Crippen LogP contribution in [0.15, 0.2) is 24.3 Å². The molecular weight excluding hydrogens is 330 g/mol. The van der Waals surface area contributed by atoms with E-state index in [0.717, 1.165) is 37.4 Å². The molecule has 0 aliphatic rings. The van der Waals surface area contributed by atoms with Gasteiger partial charge in [0.15, 0.2) is 0 Å². The Kier molecular flexibility index (Phi) is 12.2. The topological polar surface area (TPSA) is 58.4 Å². The predicted octanol–water partition coefficient (Wildman–Crippen LogP) is 2.65. The maximum Gasteiger partial charge on any atom is 0.237 e. The lowest BCUT2D eigenvalue weighted by atomic mass is 10.1. The van der Waals surface area contributed by atoms with Gasteiger partial charge in [0.1, 0.15) is 0 Å². The Morgan fingerprint density at radius 1 is 1.22 bits per heavy atom. The molecule has 132 valence electrons. The first kappa shape index (κ1) is 22.2. The first-order valence-electron chi connectivity index (χ1n) is 7.93. The van der Waals surface area contributed by atoms with Crippen LogP contribution in [0.4, 0.5) is 0 Å². The fourth-order valence-corrected chi connectivity index (χ4v) is 2.65. The summed E-state index contributed by atoms with van der Waals surface area (Å²) in [5, 5.41) is 2.91. The van der Waals surface area contributed by atoms with E-state index in [1.165, 1.54) is 5.56 Å². The highest BCUT2D eigenvalue weighted by Crippen LogP contribution is 2.08. The number of carbonyl (C=O) groups is 1. The summed E-state index contributed by atoms with van der Waals surface area (Å²) in [6.45, 7) is 7.97. The molecule has 3 N–H and O–H groups in total. The highest BCUT2D eigenvalue weighted by atomic mass is 35.5. The van der Waals surface area contributed by atoms with Crippen molar-refractivity contribution in [2.24, 2.45) is 5.73 Å². The Bertz CT molecular complexity index is 438. The fraction of sp³-hybridized carbons (Fsp3) is 0.588. The molecule has 1 aromatic rings. The van der Waals surface area contributed by atoms with E-state index in [0.29, 0.717) is 6.54 Å². The van der Waals surface area contributed by atoms with Gasteiger partial charge >= 0.3 is 0 Å². The van der Waals surface area contributed by atoms with Crippen molar-refractivity contribution in [3.63, 3.8) is 0 Å². The van der Waals surface area contributed by atoms with Crippen LogP contribution in [0.5, 0.6) is 0 Å². The molecule has 0 saturated heterocycles. The minimum Gasteiger partial charge on any atom is -0.351 e. The maximum absolute atomic E-state index is 11.9. The number of nitrogens with zero attached hydrogens (tertiary/aromatic N) is 1. The molecule has 1 aromatic carbocycles. The summed E-state index contributed by atoms with van der Waals surface area (Å²) in [7, 11) is 0. The summed E-state index contributed by atoms with van der Waals surface area (Å²) in [5.74, 6) is 0.843. The third-order valence-electron chi connectivity index (χ3n) is 3.76. The predicted molar refractivity (Wildman–Crippen MR) is 103 cm³/mol. The molecule has 0 bridgehead atoms. The number of thioether (sulfide) groups is 1. The zero-order valence-corrected chi connectivity index (χ0v) is 16.0. The molecule has 0 aliphatic carbocycles. The van der Waals surface area contributed by atoms with Gasteiger partial charge in [-0.05, 0) is 42.6 Å². The lowest BCUT2D eigenvalue weighted by Crippen LogP contribution is -2.40. The van der Waals surface area contributed by atoms with E-state index in [1.54, 1.807) is 11.8 Å². The monoisotopic (exact) mass is 359 g/mol. The summed E-state index contributed by atoms with van der Waals surface area (Å²) in [6, 6.07) is 8.01. The van der Waals surface area contributed by atoms with Crippen molar-refractivity contribution < 1.29 is 4.79 Å². The van der Waals surface area contributed by atoms with Crippen LogP contribution < -0.4 is 11.1 Å². The normalized spacial score (nSPS) is 11.9. The number of benzene rings is 1. The molecule has 0 saturated carbocycles. The van der Waals surface area contributed by atoms with Crippen LogP contribution in [0, 0.1) is 0 Å². The zero-order chi connectivity index (χ0) is 16.4. The smallest absolute Gasteiger partial charge is 0.237 e. The lowest BCUT2D eigenvalue weighted by Gasteiger charge is -2.18. The lowest BCUT2D eigenvalue weighted by molar-refractivity contribution is -0.122. The second-order valence-corrected chi connectivity index (χ2v) is 6.37. The van der Waals surface area contributed by atoms with E-state index in [1.807, 2.05) is 6.26 Å². The van der Waals surface area contributed by atoms with Crippen molar-refractivity contribution in [3.05, 3.63) is 35.4 Å². The van der Waals surface area contributed by atoms with Crippen molar-refractivity contribution >= 4 is 30.1 Å². The molecule has 0 fully saturated rings. The van der Waals surface area contributed by atoms with Crippen LogP contribution in [-0.4, -0.2) is 41.9 Å². The maximum atomic E-state index is 11.9. The Labute approximate surface area is 151 Å². The van der Waals surface area contributed by atoms with Crippen LogP contribution >= 0.6 is 24.2 Å². The van der Waals surface area contributed by atoms with E-state index in [2.05, 4.69) is 48.3 Å². The van der Waals surface area contributed by atoms with Gasteiger partial charge in [0, 0.05) is 13.1 Å². The number of hydrogen-bond acceptors (Lipinski definition) is 4. The molecule has 0 heterocycles. The summed E-state index contributed by atoms with van der Waals surface area (Å²) < 4.78 is 0.